The fourth-order valence-corrected chi connectivity index (χ4v) is 2.20. The molecule has 1 aromatic rings. The Balaban J connectivity index is 2.41. The molecule has 0 aromatic heterocycles. The van der Waals surface area contributed by atoms with Gasteiger partial charge in [0.15, 0.2) is 0 Å². The first-order chi connectivity index (χ1) is 8.65. The van der Waals surface area contributed by atoms with Gasteiger partial charge in [0.05, 0.1) is 0 Å². The molecule has 18 heavy (non-hydrogen) atoms. The Hall–Kier alpha value is -0.860. The van der Waals surface area contributed by atoms with Gasteiger partial charge in [0.25, 0.3) is 0 Å². The molecule has 0 aliphatic heterocycles. The molecule has 2 heteroatoms. The number of nitrogens with one attached hydrogen (secondary N) is 1. The van der Waals surface area contributed by atoms with Gasteiger partial charge in [-0.25, -0.2) is 0 Å². The highest BCUT2D eigenvalue weighted by Crippen LogP contribution is 2.23. The zero-order valence-electron chi connectivity index (χ0n) is 12.1. The summed E-state index contributed by atoms with van der Waals surface area (Å²) in [5.74, 6) is 1.19. The van der Waals surface area contributed by atoms with Gasteiger partial charge in [-0.15, -0.1) is 0 Å². The maximum Gasteiger partial charge on any atom is 0.0488 e. The van der Waals surface area contributed by atoms with Gasteiger partial charge in [-0.1, -0.05) is 51.1 Å². The van der Waals surface area contributed by atoms with Crippen molar-refractivity contribution in [3.8, 4) is 0 Å². The Morgan fingerprint density at radius 2 is 1.78 bits per heavy atom. The van der Waals surface area contributed by atoms with Crippen LogP contribution in [0.2, 0.25) is 0 Å². The monoisotopic (exact) mass is 249 g/mol. The lowest BCUT2D eigenvalue weighted by Gasteiger charge is -2.24. The highest BCUT2D eigenvalue weighted by Gasteiger charge is 2.16. The van der Waals surface area contributed by atoms with Crippen molar-refractivity contribution in [2.45, 2.75) is 33.2 Å². The van der Waals surface area contributed by atoms with E-state index in [1.165, 1.54) is 5.56 Å². The van der Waals surface area contributed by atoms with Crippen molar-refractivity contribution in [3.05, 3.63) is 35.9 Å². The van der Waals surface area contributed by atoms with Crippen molar-refractivity contribution in [1.82, 2.24) is 5.32 Å². The first-order valence-corrected chi connectivity index (χ1v) is 6.95. The minimum Gasteiger partial charge on any atom is -0.381 e. The summed E-state index contributed by atoms with van der Waals surface area (Å²) in [5, 5.41) is 3.41. The van der Waals surface area contributed by atoms with Crippen LogP contribution in [0.15, 0.2) is 30.3 Å². The standard InChI is InChI=1S/C16H27NO/c1-13(2)12-18-11-10-14(3)16(17-4)15-8-6-5-7-9-15/h5-9,13-14,16-17H,10-12H2,1-4H3. The van der Waals surface area contributed by atoms with Crippen LogP contribution in [0.5, 0.6) is 0 Å². The van der Waals surface area contributed by atoms with Crippen LogP contribution >= 0.6 is 0 Å². The smallest absolute Gasteiger partial charge is 0.0488 e. The Morgan fingerprint density at radius 3 is 2.33 bits per heavy atom. The van der Waals surface area contributed by atoms with Crippen LogP contribution in [-0.4, -0.2) is 20.3 Å². The number of hydrogen-bond donors (Lipinski definition) is 1. The molecule has 0 radical (unpaired) electrons. The maximum absolute atomic E-state index is 5.67. The van der Waals surface area contributed by atoms with Crippen LogP contribution in [0.4, 0.5) is 0 Å². The van der Waals surface area contributed by atoms with Crippen molar-refractivity contribution < 1.29 is 4.74 Å². The van der Waals surface area contributed by atoms with Gasteiger partial charge in [-0.05, 0) is 30.9 Å². The van der Waals surface area contributed by atoms with Gasteiger partial charge >= 0.3 is 0 Å². The van der Waals surface area contributed by atoms with E-state index in [4.69, 9.17) is 4.74 Å². The summed E-state index contributed by atoms with van der Waals surface area (Å²) in [5.41, 5.74) is 1.36. The maximum atomic E-state index is 5.67. The van der Waals surface area contributed by atoms with Crippen molar-refractivity contribution in [3.63, 3.8) is 0 Å². The molecule has 0 aliphatic carbocycles. The molecule has 0 amide bonds. The largest absolute Gasteiger partial charge is 0.381 e. The summed E-state index contributed by atoms with van der Waals surface area (Å²) < 4.78 is 5.67. The SMILES string of the molecule is CNC(c1ccccc1)C(C)CCOCC(C)C. The summed E-state index contributed by atoms with van der Waals surface area (Å²) in [6.45, 7) is 8.37. The summed E-state index contributed by atoms with van der Waals surface area (Å²) in [6.07, 6.45) is 1.09. The summed E-state index contributed by atoms with van der Waals surface area (Å²) >= 11 is 0. The third kappa shape index (κ3) is 5.19. The zero-order chi connectivity index (χ0) is 13.4. The zero-order valence-corrected chi connectivity index (χ0v) is 12.1. The molecule has 0 fully saturated rings. The molecule has 1 N–H and O–H groups in total. The number of rotatable bonds is 8. The van der Waals surface area contributed by atoms with E-state index < -0.39 is 0 Å². The number of hydrogen-bond acceptors (Lipinski definition) is 2. The quantitative estimate of drug-likeness (QED) is 0.710. The van der Waals surface area contributed by atoms with Gasteiger partial charge in [-0.3, -0.25) is 0 Å². The molecular weight excluding hydrogens is 222 g/mol. The van der Waals surface area contributed by atoms with Crippen LogP contribution in [0.3, 0.4) is 0 Å². The summed E-state index contributed by atoms with van der Waals surface area (Å²) in [4.78, 5) is 0. The van der Waals surface area contributed by atoms with Crippen LogP contribution in [0, 0.1) is 11.8 Å². The van der Waals surface area contributed by atoms with Gasteiger partial charge < -0.3 is 10.1 Å². The van der Waals surface area contributed by atoms with Crippen molar-refractivity contribution in [1.29, 1.82) is 0 Å². The van der Waals surface area contributed by atoms with Crippen molar-refractivity contribution in [2.75, 3.05) is 20.3 Å². The molecule has 102 valence electrons. The predicted molar refractivity (Wildman–Crippen MR) is 77.7 cm³/mol. The lowest BCUT2D eigenvalue weighted by atomic mass is 9.92. The van der Waals surface area contributed by atoms with Crippen LogP contribution < -0.4 is 5.32 Å². The van der Waals surface area contributed by atoms with E-state index >= 15 is 0 Å². The van der Waals surface area contributed by atoms with E-state index in [-0.39, 0.29) is 0 Å². The molecule has 0 saturated heterocycles. The number of benzene rings is 1. The van der Waals surface area contributed by atoms with Crippen LogP contribution in [0.25, 0.3) is 0 Å². The topological polar surface area (TPSA) is 21.3 Å². The normalized spacial score (nSPS) is 14.7. The molecule has 0 spiro atoms. The third-order valence-electron chi connectivity index (χ3n) is 3.21. The third-order valence-corrected chi connectivity index (χ3v) is 3.21. The van der Waals surface area contributed by atoms with E-state index in [0.29, 0.717) is 17.9 Å². The second kappa shape index (κ2) is 8.28. The molecule has 0 aliphatic rings. The van der Waals surface area contributed by atoms with E-state index in [9.17, 15) is 0 Å². The predicted octanol–water partition coefficient (Wildman–Crippen LogP) is 3.65. The highest BCUT2D eigenvalue weighted by atomic mass is 16.5. The lowest BCUT2D eigenvalue weighted by molar-refractivity contribution is 0.0954. The summed E-state index contributed by atoms with van der Waals surface area (Å²) in [6, 6.07) is 11.0. The van der Waals surface area contributed by atoms with E-state index in [1.807, 2.05) is 7.05 Å². The highest BCUT2D eigenvalue weighted by molar-refractivity contribution is 5.19. The molecular formula is C16H27NO. The van der Waals surface area contributed by atoms with Gasteiger partial charge in [0, 0.05) is 19.3 Å². The van der Waals surface area contributed by atoms with Gasteiger partial charge in [-0.2, -0.15) is 0 Å². The second-order valence-electron chi connectivity index (χ2n) is 5.41. The molecule has 0 heterocycles. The molecule has 2 nitrogen and oxygen atoms in total. The molecule has 1 rings (SSSR count). The Labute approximate surface area is 112 Å². The Morgan fingerprint density at radius 1 is 1.11 bits per heavy atom. The molecule has 0 saturated carbocycles. The molecule has 1 aromatic carbocycles. The minimum absolute atomic E-state index is 0.411. The van der Waals surface area contributed by atoms with Crippen molar-refractivity contribution >= 4 is 0 Å². The van der Waals surface area contributed by atoms with Crippen molar-refractivity contribution in [2.24, 2.45) is 11.8 Å². The molecule has 2 atom stereocenters. The first-order valence-electron chi connectivity index (χ1n) is 6.95. The van der Waals surface area contributed by atoms with Crippen LogP contribution in [0.1, 0.15) is 38.8 Å². The summed E-state index contributed by atoms with van der Waals surface area (Å²) in [7, 11) is 2.03. The minimum atomic E-state index is 0.411. The van der Waals surface area contributed by atoms with E-state index in [1.54, 1.807) is 0 Å². The lowest BCUT2D eigenvalue weighted by Crippen LogP contribution is -2.24. The second-order valence-corrected chi connectivity index (χ2v) is 5.41. The van der Waals surface area contributed by atoms with Crippen LogP contribution in [-0.2, 0) is 4.74 Å². The molecule has 0 bridgehead atoms. The van der Waals surface area contributed by atoms with Gasteiger partial charge in [0.2, 0.25) is 0 Å². The Bertz CT molecular complexity index is 310. The van der Waals surface area contributed by atoms with E-state index in [0.717, 1.165) is 19.6 Å². The Kier molecular flexibility index (Phi) is 6.99. The van der Waals surface area contributed by atoms with Gasteiger partial charge in [0.1, 0.15) is 0 Å². The average Bonchev–Trinajstić information content (AvgIpc) is 2.36. The average molecular weight is 249 g/mol. The fourth-order valence-electron chi connectivity index (χ4n) is 2.20. The number of ether oxygens (including phenoxy) is 1. The molecule has 2 unspecified atom stereocenters. The fraction of sp³-hybridized carbons (Fsp3) is 0.625. The van der Waals surface area contributed by atoms with E-state index in [2.05, 4.69) is 56.4 Å². The first kappa shape index (κ1) is 15.2.